The fraction of sp³-hybridized carbons (Fsp3) is 0.174. The molecule has 4 heterocycles. The van der Waals surface area contributed by atoms with Crippen LogP contribution in [0.1, 0.15) is 22.3 Å². The molecule has 0 spiro atoms. The van der Waals surface area contributed by atoms with Gasteiger partial charge in [-0.1, -0.05) is 18.2 Å². The topological polar surface area (TPSA) is 114 Å². The normalized spacial score (nSPS) is 14.6. The SMILES string of the molecule is N#CCC1(n2cc(-c3c(C#N)cnc4[nH]ccc34)cn2)CN(C(=O)c2ccccc2)C1. The Hall–Kier alpha value is -4.43. The van der Waals surface area contributed by atoms with Crippen LogP contribution in [0.3, 0.4) is 0 Å². The predicted molar refractivity (Wildman–Crippen MR) is 113 cm³/mol. The van der Waals surface area contributed by atoms with E-state index in [1.54, 1.807) is 40.3 Å². The summed E-state index contributed by atoms with van der Waals surface area (Å²) in [5.41, 5.74) is 2.71. The summed E-state index contributed by atoms with van der Waals surface area (Å²) < 4.78 is 1.76. The molecule has 5 rings (SSSR count). The lowest BCUT2D eigenvalue weighted by Crippen LogP contribution is -2.64. The van der Waals surface area contributed by atoms with Gasteiger partial charge in [0, 0.05) is 53.8 Å². The van der Waals surface area contributed by atoms with Gasteiger partial charge in [-0.05, 0) is 18.2 Å². The maximum atomic E-state index is 12.7. The summed E-state index contributed by atoms with van der Waals surface area (Å²) in [5.74, 6) is -0.0588. The first-order valence-electron chi connectivity index (χ1n) is 9.78. The molecule has 3 aromatic heterocycles. The number of nitriles is 2. The highest BCUT2D eigenvalue weighted by molar-refractivity contribution is 5.96. The van der Waals surface area contributed by atoms with Crippen LogP contribution in [0, 0.1) is 22.7 Å². The van der Waals surface area contributed by atoms with E-state index in [1.165, 1.54) is 0 Å². The lowest BCUT2D eigenvalue weighted by Gasteiger charge is -2.49. The molecule has 0 atom stereocenters. The number of aromatic nitrogens is 4. The summed E-state index contributed by atoms with van der Waals surface area (Å²) in [6.45, 7) is 0.798. The Morgan fingerprint density at radius 2 is 1.97 bits per heavy atom. The van der Waals surface area contributed by atoms with Crippen LogP contribution in [0.25, 0.3) is 22.2 Å². The minimum Gasteiger partial charge on any atom is -0.346 e. The molecular formula is C23H17N7O. The van der Waals surface area contributed by atoms with Crippen molar-refractivity contribution in [3.8, 4) is 23.3 Å². The monoisotopic (exact) mass is 407 g/mol. The van der Waals surface area contributed by atoms with E-state index in [1.807, 2.05) is 30.5 Å². The fourth-order valence-corrected chi connectivity index (χ4v) is 4.17. The van der Waals surface area contributed by atoms with Crippen LogP contribution in [-0.4, -0.2) is 43.6 Å². The largest absolute Gasteiger partial charge is 0.346 e. The molecular weight excluding hydrogens is 390 g/mol. The van der Waals surface area contributed by atoms with Gasteiger partial charge in [0.1, 0.15) is 17.3 Å². The number of H-pyrrole nitrogens is 1. The summed E-state index contributed by atoms with van der Waals surface area (Å²) in [6, 6.07) is 15.4. The Morgan fingerprint density at radius 3 is 2.71 bits per heavy atom. The second-order valence-electron chi connectivity index (χ2n) is 7.66. The van der Waals surface area contributed by atoms with E-state index in [0.29, 0.717) is 29.9 Å². The van der Waals surface area contributed by atoms with Gasteiger partial charge in [-0.25, -0.2) is 4.98 Å². The van der Waals surface area contributed by atoms with Crippen molar-refractivity contribution < 1.29 is 4.79 Å². The first-order valence-corrected chi connectivity index (χ1v) is 9.78. The van der Waals surface area contributed by atoms with Gasteiger partial charge in [-0.2, -0.15) is 15.6 Å². The van der Waals surface area contributed by atoms with E-state index >= 15 is 0 Å². The molecule has 1 amide bonds. The quantitative estimate of drug-likeness (QED) is 0.558. The van der Waals surface area contributed by atoms with Gasteiger partial charge in [0.15, 0.2) is 0 Å². The van der Waals surface area contributed by atoms with Crippen molar-refractivity contribution in [3.05, 3.63) is 72.3 Å². The highest BCUT2D eigenvalue weighted by atomic mass is 16.2. The number of carbonyl (C=O) groups is 1. The van der Waals surface area contributed by atoms with Gasteiger partial charge in [0.25, 0.3) is 5.91 Å². The zero-order valence-electron chi connectivity index (χ0n) is 16.5. The average Bonchev–Trinajstić information content (AvgIpc) is 3.45. The van der Waals surface area contributed by atoms with E-state index in [-0.39, 0.29) is 12.3 Å². The highest BCUT2D eigenvalue weighted by Gasteiger charge is 2.47. The van der Waals surface area contributed by atoms with Crippen LogP contribution in [0.5, 0.6) is 0 Å². The van der Waals surface area contributed by atoms with Crippen molar-refractivity contribution in [1.82, 2.24) is 24.6 Å². The van der Waals surface area contributed by atoms with E-state index in [4.69, 9.17) is 0 Å². The molecule has 31 heavy (non-hydrogen) atoms. The van der Waals surface area contributed by atoms with E-state index in [0.717, 1.165) is 16.5 Å². The fourth-order valence-electron chi connectivity index (χ4n) is 4.17. The Morgan fingerprint density at radius 1 is 1.16 bits per heavy atom. The van der Waals surface area contributed by atoms with Crippen molar-refractivity contribution in [2.24, 2.45) is 0 Å². The first-order chi connectivity index (χ1) is 15.1. The van der Waals surface area contributed by atoms with Crippen molar-refractivity contribution >= 4 is 16.9 Å². The van der Waals surface area contributed by atoms with Crippen LogP contribution < -0.4 is 0 Å². The number of pyridine rings is 1. The van der Waals surface area contributed by atoms with Crippen molar-refractivity contribution in [1.29, 1.82) is 10.5 Å². The minimum absolute atomic E-state index is 0.0588. The molecule has 1 saturated heterocycles. The van der Waals surface area contributed by atoms with Crippen LogP contribution in [0.2, 0.25) is 0 Å². The van der Waals surface area contributed by atoms with E-state index < -0.39 is 5.54 Å². The number of benzene rings is 1. The third-order valence-corrected chi connectivity index (χ3v) is 5.75. The number of rotatable bonds is 4. The Bertz CT molecular complexity index is 1360. The molecule has 1 aromatic carbocycles. The summed E-state index contributed by atoms with van der Waals surface area (Å²) in [7, 11) is 0. The van der Waals surface area contributed by atoms with Crippen LogP contribution >= 0.6 is 0 Å². The van der Waals surface area contributed by atoms with Crippen LogP contribution in [-0.2, 0) is 5.54 Å². The van der Waals surface area contributed by atoms with Gasteiger partial charge in [0.2, 0.25) is 0 Å². The maximum absolute atomic E-state index is 12.7. The molecule has 0 bridgehead atoms. The molecule has 1 aliphatic heterocycles. The lowest BCUT2D eigenvalue weighted by atomic mass is 9.86. The minimum atomic E-state index is -0.589. The standard InChI is InChI=1S/C23H17N7O/c24-8-7-23(14-29(15-23)22(31)16-4-2-1-3-5-16)30-13-18(12-28-30)20-17(10-25)11-27-21-19(20)6-9-26-21/h1-6,9,11-13H,7,14-15H2,(H,26,27). The number of amides is 1. The number of nitrogens with zero attached hydrogens (tertiary/aromatic N) is 6. The molecule has 8 heteroatoms. The van der Waals surface area contributed by atoms with Gasteiger partial charge in [-0.15, -0.1) is 0 Å². The number of aromatic amines is 1. The number of hydrogen-bond donors (Lipinski definition) is 1. The molecule has 1 fully saturated rings. The molecule has 0 radical (unpaired) electrons. The second-order valence-corrected chi connectivity index (χ2v) is 7.66. The molecule has 150 valence electrons. The summed E-state index contributed by atoms with van der Waals surface area (Å²) in [5, 5.41) is 24.4. The second kappa shape index (κ2) is 7.12. The molecule has 0 unspecified atom stereocenters. The average molecular weight is 407 g/mol. The third-order valence-electron chi connectivity index (χ3n) is 5.75. The molecule has 0 aliphatic carbocycles. The predicted octanol–water partition coefficient (Wildman–Crippen LogP) is 3.06. The number of hydrogen-bond acceptors (Lipinski definition) is 5. The van der Waals surface area contributed by atoms with E-state index in [2.05, 4.69) is 27.2 Å². The van der Waals surface area contributed by atoms with Gasteiger partial charge in [-0.3, -0.25) is 9.48 Å². The molecule has 0 saturated carbocycles. The van der Waals surface area contributed by atoms with Crippen LogP contribution in [0.4, 0.5) is 0 Å². The molecule has 1 aliphatic rings. The molecule has 4 aromatic rings. The number of carbonyl (C=O) groups excluding carboxylic acids is 1. The van der Waals surface area contributed by atoms with Crippen LogP contribution in [0.15, 0.2) is 61.2 Å². The summed E-state index contributed by atoms with van der Waals surface area (Å²) >= 11 is 0. The Kier molecular flexibility index (Phi) is 4.27. The van der Waals surface area contributed by atoms with Crippen molar-refractivity contribution in [2.75, 3.05) is 13.1 Å². The Labute approximate surface area is 178 Å². The smallest absolute Gasteiger partial charge is 0.254 e. The third kappa shape index (κ3) is 2.93. The van der Waals surface area contributed by atoms with Crippen molar-refractivity contribution in [2.45, 2.75) is 12.0 Å². The molecule has 1 N–H and O–H groups in total. The summed E-state index contributed by atoms with van der Waals surface area (Å²) in [4.78, 5) is 21.8. The van der Waals surface area contributed by atoms with Gasteiger partial charge >= 0.3 is 0 Å². The van der Waals surface area contributed by atoms with Crippen molar-refractivity contribution in [3.63, 3.8) is 0 Å². The van der Waals surface area contributed by atoms with Gasteiger partial charge < -0.3 is 9.88 Å². The zero-order valence-corrected chi connectivity index (χ0v) is 16.5. The van der Waals surface area contributed by atoms with Gasteiger partial charge in [0.05, 0.1) is 24.3 Å². The highest BCUT2D eigenvalue weighted by Crippen LogP contribution is 2.36. The zero-order chi connectivity index (χ0) is 21.4. The summed E-state index contributed by atoms with van der Waals surface area (Å²) in [6.07, 6.45) is 7.10. The molecule has 8 nitrogen and oxygen atoms in total. The first kappa shape index (κ1) is 18.6. The number of likely N-dealkylation sites (tertiary alicyclic amines) is 1. The number of nitrogens with one attached hydrogen (secondary N) is 1. The Balaban J connectivity index is 1.48. The van der Waals surface area contributed by atoms with E-state index in [9.17, 15) is 15.3 Å². The lowest BCUT2D eigenvalue weighted by molar-refractivity contribution is 0.00858. The maximum Gasteiger partial charge on any atom is 0.254 e. The number of fused-ring (bicyclic) bond motifs is 1.